The zero-order chi connectivity index (χ0) is 16.0. The average molecular weight is 294 g/mol. The number of hydrogen-bond donors (Lipinski definition) is 2. The van der Waals surface area contributed by atoms with Crippen molar-refractivity contribution in [3.8, 4) is 0 Å². The monoisotopic (exact) mass is 294 g/mol. The summed E-state index contributed by atoms with van der Waals surface area (Å²) in [6.07, 6.45) is 0.0580. The molecule has 1 unspecified atom stereocenters. The first kappa shape index (κ1) is 16.6. The molecule has 7 heteroatoms. The van der Waals surface area contributed by atoms with Crippen molar-refractivity contribution < 1.29 is 19.6 Å². The van der Waals surface area contributed by atoms with E-state index in [2.05, 4.69) is 5.32 Å². The maximum absolute atomic E-state index is 11.7. The van der Waals surface area contributed by atoms with Gasteiger partial charge in [0, 0.05) is 18.7 Å². The SMILES string of the molecule is CC(C)C(CNC(=O)Cc1ccc([N+](=O)[O-])cc1)C(=O)O. The largest absolute Gasteiger partial charge is 0.481 e. The molecule has 1 rings (SSSR count). The van der Waals surface area contributed by atoms with Gasteiger partial charge in [-0.15, -0.1) is 0 Å². The van der Waals surface area contributed by atoms with Crippen LogP contribution in [0.1, 0.15) is 19.4 Å². The molecule has 1 aromatic rings. The van der Waals surface area contributed by atoms with Gasteiger partial charge in [0.15, 0.2) is 0 Å². The quantitative estimate of drug-likeness (QED) is 0.586. The maximum atomic E-state index is 11.7. The number of carbonyl (C=O) groups is 2. The van der Waals surface area contributed by atoms with Gasteiger partial charge in [-0.2, -0.15) is 0 Å². The van der Waals surface area contributed by atoms with Crippen LogP contribution in [0.4, 0.5) is 5.69 Å². The van der Waals surface area contributed by atoms with Crippen molar-refractivity contribution in [1.29, 1.82) is 0 Å². The number of benzene rings is 1. The average Bonchev–Trinajstić information content (AvgIpc) is 2.38. The summed E-state index contributed by atoms with van der Waals surface area (Å²) in [7, 11) is 0. The highest BCUT2D eigenvalue weighted by Crippen LogP contribution is 2.13. The molecule has 0 aliphatic rings. The Bertz CT molecular complexity index is 525. The smallest absolute Gasteiger partial charge is 0.308 e. The first-order chi connectivity index (χ1) is 9.81. The Hall–Kier alpha value is -2.44. The van der Waals surface area contributed by atoms with Crippen molar-refractivity contribution in [3.63, 3.8) is 0 Å². The van der Waals surface area contributed by atoms with E-state index in [0.29, 0.717) is 5.56 Å². The Morgan fingerprint density at radius 1 is 1.29 bits per heavy atom. The molecule has 1 aromatic carbocycles. The van der Waals surface area contributed by atoms with Crippen LogP contribution in [0.5, 0.6) is 0 Å². The summed E-state index contributed by atoms with van der Waals surface area (Å²) in [6.45, 7) is 3.63. The number of nitro benzene ring substituents is 1. The van der Waals surface area contributed by atoms with Gasteiger partial charge < -0.3 is 10.4 Å². The van der Waals surface area contributed by atoms with Gasteiger partial charge in [0.2, 0.25) is 5.91 Å². The molecule has 114 valence electrons. The van der Waals surface area contributed by atoms with Gasteiger partial charge in [0.1, 0.15) is 0 Å². The van der Waals surface area contributed by atoms with Gasteiger partial charge in [-0.25, -0.2) is 0 Å². The molecule has 0 saturated heterocycles. The van der Waals surface area contributed by atoms with E-state index < -0.39 is 16.8 Å². The molecule has 1 atom stereocenters. The lowest BCUT2D eigenvalue weighted by Crippen LogP contribution is -2.36. The number of carboxylic acids is 1. The summed E-state index contributed by atoms with van der Waals surface area (Å²) in [6, 6.07) is 5.68. The van der Waals surface area contributed by atoms with Gasteiger partial charge in [0.25, 0.3) is 5.69 Å². The third kappa shape index (κ3) is 5.21. The third-order valence-corrected chi connectivity index (χ3v) is 3.15. The van der Waals surface area contributed by atoms with Crippen LogP contribution >= 0.6 is 0 Å². The molecule has 0 fully saturated rings. The molecule has 0 bridgehead atoms. The van der Waals surface area contributed by atoms with Crippen molar-refractivity contribution in [3.05, 3.63) is 39.9 Å². The first-order valence-corrected chi connectivity index (χ1v) is 6.54. The predicted molar refractivity (Wildman–Crippen MR) is 75.8 cm³/mol. The highest BCUT2D eigenvalue weighted by Gasteiger charge is 2.21. The Labute approximate surface area is 122 Å². The normalized spacial score (nSPS) is 12.0. The Morgan fingerprint density at radius 3 is 2.29 bits per heavy atom. The van der Waals surface area contributed by atoms with E-state index in [1.165, 1.54) is 24.3 Å². The Balaban J connectivity index is 2.53. The molecule has 21 heavy (non-hydrogen) atoms. The molecule has 0 radical (unpaired) electrons. The molecule has 0 aliphatic carbocycles. The molecule has 0 aliphatic heterocycles. The molecular weight excluding hydrogens is 276 g/mol. The van der Waals surface area contributed by atoms with Crippen molar-refractivity contribution in [2.24, 2.45) is 11.8 Å². The number of amides is 1. The number of non-ortho nitro benzene ring substituents is 1. The van der Waals surface area contributed by atoms with Crippen LogP contribution in [0.3, 0.4) is 0 Å². The van der Waals surface area contributed by atoms with Crippen LogP contribution in [-0.2, 0) is 16.0 Å². The number of nitro groups is 1. The van der Waals surface area contributed by atoms with Crippen LogP contribution in [0, 0.1) is 22.0 Å². The van der Waals surface area contributed by atoms with E-state index in [-0.39, 0.29) is 30.5 Å². The number of hydrogen-bond acceptors (Lipinski definition) is 4. The van der Waals surface area contributed by atoms with Gasteiger partial charge in [-0.3, -0.25) is 19.7 Å². The van der Waals surface area contributed by atoms with Crippen LogP contribution < -0.4 is 5.32 Å². The van der Waals surface area contributed by atoms with E-state index in [4.69, 9.17) is 5.11 Å². The van der Waals surface area contributed by atoms with E-state index in [1.54, 1.807) is 13.8 Å². The second-order valence-corrected chi connectivity index (χ2v) is 5.09. The third-order valence-electron chi connectivity index (χ3n) is 3.15. The zero-order valence-electron chi connectivity index (χ0n) is 11.9. The van der Waals surface area contributed by atoms with Crippen molar-refractivity contribution in [2.45, 2.75) is 20.3 Å². The topological polar surface area (TPSA) is 110 Å². The first-order valence-electron chi connectivity index (χ1n) is 6.54. The number of carbonyl (C=O) groups excluding carboxylic acids is 1. The van der Waals surface area contributed by atoms with Crippen molar-refractivity contribution in [1.82, 2.24) is 5.32 Å². The fraction of sp³-hybridized carbons (Fsp3) is 0.429. The summed E-state index contributed by atoms with van der Waals surface area (Å²) in [5.41, 5.74) is 0.597. The summed E-state index contributed by atoms with van der Waals surface area (Å²) in [4.78, 5) is 32.7. The molecule has 1 amide bonds. The van der Waals surface area contributed by atoms with Gasteiger partial charge in [-0.05, 0) is 11.5 Å². The highest BCUT2D eigenvalue weighted by atomic mass is 16.6. The minimum Gasteiger partial charge on any atom is -0.481 e. The van der Waals surface area contributed by atoms with Crippen molar-refractivity contribution in [2.75, 3.05) is 6.54 Å². The second kappa shape index (κ2) is 7.37. The van der Waals surface area contributed by atoms with E-state index in [1.807, 2.05) is 0 Å². The van der Waals surface area contributed by atoms with Crippen LogP contribution in [0.25, 0.3) is 0 Å². The minimum atomic E-state index is -0.944. The summed E-state index contributed by atoms with van der Waals surface area (Å²) >= 11 is 0. The lowest BCUT2D eigenvalue weighted by atomic mass is 9.96. The number of rotatable bonds is 7. The highest BCUT2D eigenvalue weighted by molar-refractivity contribution is 5.79. The molecular formula is C14H18N2O5. The van der Waals surface area contributed by atoms with Crippen LogP contribution in [0.15, 0.2) is 24.3 Å². The minimum absolute atomic E-state index is 0.0371. The maximum Gasteiger partial charge on any atom is 0.308 e. The fourth-order valence-corrected chi connectivity index (χ4v) is 1.82. The lowest BCUT2D eigenvalue weighted by molar-refractivity contribution is -0.384. The molecule has 7 nitrogen and oxygen atoms in total. The second-order valence-electron chi connectivity index (χ2n) is 5.09. The van der Waals surface area contributed by atoms with Gasteiger partial charge in [0.05, 0.1) is 17.3 Å². The van der Waals surface area contributed by atoms with Gasteiger partial charge in [-0.1, -0.05) is 26.0 Å². The standard InChI is InChI=1S/C14H18N2O5/c1-9(2)12(14(18)19)8-15-13(17)7-10-3-5-11(6-4-10)16(20)21/h3-6,9,12H,7-8H2,1-2H3,(H,15,17)(H,18,19). The van der Waals surface area contributed by atoms with Gasteiger partial charge >= 0.3 is 5.97 Å². The molecule has 0 heterocycles. The Morgan fingerprint density at radius 2 is 1.86 bits per heavy atom. The van der Waals surface area contributed by atoms with E-state index in [0.717, 1.165) is 0 Å². The number of nitrogens with one attached hydrogen (secondary N) is 1. The molecule has 2 N–H and O–H groups in total. The van der Waals surface area contributed by atoms with E-state index in [9.17, 15) is 19.7 Å². The molecule has 0 aromatic heterocycles. The number of aliphatic carboxylic acids is 1. The summed E-state index contributed by atoms with van der Waals surface area (Å²) < 4.78 is 0. The van der Waals surface area contributed by atoms with E-state index >= 15 is 0 Å². The molecule has 0 spiro atoms. The number of nitrogens with zero attached hydrogens (tertiary/aromatic N) is 1. The zero-order valence-corrected chi connectivity index (χ0v) is 11.9. The van der Waals surface area contributed by atoms with Crippen LogP contribution in [-0.4, -0.2) is 28.5 Å². The van der Waals surface area contributed by atoms with Crippen molar-refractivity contribution >= 4 is 17.6 Å². The molecule has 0 saturated carbocycles. The lowest BCUT2D eigenvalue weighted by Gasteiger charge is -2.16. The number of carboxylic acid groups (broad SMARTS) is 1. The summed E-state index contributed by atoms with van der Waals surface area (Å²) in [5, 5.41) is 22.1. The fourth-order valence-electron chi connectivity index (χ4n) is 1.82. The van der Waals surface area contributed by atoms with Crippen LogP contribution in [0.2, 0.25) is 0 Å². The Kier molecular flexibility index (Phi) is 5.83. The summed E-state index contributed by atoms with van der Waals surface area (Å²) in [5.74, 6) is -1.97. The predicted octanol–water partition coefficient (Wildman–Crippen LogP) is 1.61.